The monoisotopic (exact) mass is 427 g/mol. The summed E-state index contributed by atoms with van der Waals surface area (Å²) in [6.45, 7) is 3.97. The van der Waals surface area contributed by atoms with Gasteiger partial charge >= 0.3 is 5.97 Å². The number of ether oxygens (including phenoxy) is 1. The number of rotatable bonds is 6. The maximum Gasteiger partial charge on any atom is 0.319 e. The summed E-state index contributed by atoms with van der Waals surface area (Å²) in [5.74, 6) is 1.02. The van der Waals surface area contributed by atoms with Crippen LogP contribution < -0.4 is 0 Å². The van der Waals surface area contributed by atoms with Crippen molar-refractivity contribution in [2.45, 2.75) is 62.3 Å². The third kappa shape index (κ3) is 4.79. The molecule has 1 saturated carbocycles. The molecule has 0 unspecified atom stereocenters. The molecule has 1 aliphatic rings. The van der Waals surface area contributed by atoms with Crippen molar-refractivity contribution in [3.8, 4) is 5.69 Å². The first kappa shape index (κ1) is 20.5. The Labute approximate surface area is 173 Å². The van der Waals surface area contributed by atoms with Crippen molar-refractivity contribution in [1.82, 2.24) is 14.8 Å². The first-order valence-corrected chi connectivity index (χ1v) is 10.9. The van der Waals surface area contributed by atoms with E-state index in [1.54, 1.807) is 13.0 Å². The molecule has 3 rings (SSSR count). The maximum absolute atomic E-state index is 12.1. The molecule has 0 aliphatic heterocycles. The predicted octanol–water partition coefficient (Wildman–Crippen LogP) is 5.67. The Hall–Kier alpha value is -1.24. The molecule has 1 heterocycles. The summed E-state index contributed by atoms with van der Waals surface area (Å²) >= 11 is 13.7. The average molecular weight is 428 g/mol. The van der Waals surface area contributed by atoms with Crippen molar-refractivity contribution in [1.29, 1.82) is 0 Å². The van der Waals surface area contributed by atoms with E-state index in [-0.39, 0.29) is 11.2 Å². The highest BCUT2D eigenvalue weighted by Crippen LogP contribution is 2.36. The number of halogens is 2. The van der Waals surface area contributed by atoms with E-state index in [2.05, 4.69) is 10.2 Å². The summed E-state index contributed by atoms with van der Waals surface area (Å²) in [6, 6.07) is 5.49. The molecule has 1 aromatic heterocycles. The van der Waals surface area contributed by atoms with Gasteiger partial charge < -0.3 is 4.74 Å². The molecule has 5 nitrogen and oxygen atoms in total. The zero-order chi connectivity index (χ0) is 19.4. The fourth-order valence-electron chi connectivity index (χ4n) is 3.32. The molecule has 2 aromatic rings. The third-order valence-electron chi connectivity index (χ3n) is 4.69. The lowest BCUT2D eigenvalue weighted by molar-refractivity contribution is -0.142. The van der Waals surface area contributed by atoms with Crippen molar-refractivity contribution in [3.63, 3.8) is 0 Å². The minimum atomic E-state index is -0.380. The van der Waals surface area contributed by atoms with Crippen LogP contribution in [-0.4, -0.2) is 32.6 Å². The zero-order valence-electron chi connectivity index (χ0n) is 15.5. The number of esters is 1. The number of benzene rings is 1. The largest absolute Gasteiger partial charge is 0.465 e. The minimum Gasteiger partial charge on any atom is -0.465 e. The Morgan fingerprint density at radius 2 is 2.00 bits per heavy atom. The van der Waals surface area contributed by atoms with Crippen molar-refractivity contribution in [2.75, 3.05) is 6.61 Å². The molecule has 0 saturated heterocycles. The van der Waals surface area contributed by atoms with Gasteiger partial charge in [0.1, 0.15) is 11.1 Å². The van der Waals surface area contributed by atoms with Crippen LogP contribution in [0.3, 0.4) is 0 Å². The van der Waals surface area contributed by atoms with Crippen LogP contribution >= 0.6 is 35.0 Å². The molecule has 27 heavy (non-hydrogen) atoms. The molecule has 0 amide bonds. The number of hydrogen-bond acceptors (Lipinski definition) is 5. The van der Waals surface area contributed by atoms with E-state index in [1.165, 1.54) is 31.0 Å². The van der Waals surface area contributed by atoms with Crippen LogP contribution in [0.25, 0.3) is 5.69 Å². The Morgan fingerprint density at radius 1 is 1.26 bits per heavy atom. The SMILES string of the molecule is CCOC(=O)[C@@H](C)Sc1nnc(C2CCCCC2)n1-c1ccc(Cl)c(Cl)c1. The van der Waals surface area contributed by atoms with Gasteiger partial charge in [-0.3, -0.25) is 9.36 Å². The van der Waals surface area contributed by atoms with Gasteiger partial charge in [-0.25, -0.2) is 0 Å². The lowest BCUT2D eigenvalue weighted by Crippen LogP contribution is -2.18. The molecule has 1 aliphatic carbocycles. The average Bonchev–Trinajstić information content (AvgIpc) is 3.08. The molecule has 0 spiro atoms. The van der Waals surface area contributed by atoms with E-state index in [9.17, 15) is 4.79 Å². The summed E-state index contributed by atoms with van der Waals surface area (Å²) < 4.78 is 7.14. The molecule has 1 fully saturated rings. The molecule has 146 valence electrons. The standard InChI is InChI=1S/C19H23Cl2N3O2S/c1-3-26-18(25)12(2)27-19-23-22-17(13-7-5-4-6-8-13)24(19)14-9-10-15(20)16(21)11-14/h9-13H,3-8H2,1-2H3/t12-/m1/s1. The molecule has 8 heteroatoms. The number of aromatic nitrogens is 3. The second kappa shape index (κ2) is 9.30. The zero-order valence-corrected chi connectivity index (χ0v) is 17.8. The number of thioether (sulfide) groups is 1. The van der Waals surface area contributed by atoms with Gasteiger partial charge in [0, 0.05) is 5.92 Å². The lowest BCUT2D eigenvalue weighted by Gasteiger charge is -2.22. The molecule has 0 N–H and O–H groups in total. The highest BCUT2D eigenvalue weighted by Gasteiger charge is 2.27. The lowest BCUT2D eigenvalue weighted by atomic mass is 9.88. The van der Waals surface area contributed by atoms with Crippen molar-refractivity contribution >= 4 is 40.9 Å². The molecule has 1 aromatic carbocycles. The predicted molar refractivity (Wildman–Crippen MR) is 109 cm³/mol. The summed E-state index contributed by atoms with van der Waals surface area (Å²) in [6.07, 6.45) is 5.84. The Morgan fingerprint density at radius 3 is 2.67 bits per heavy atom. The Kier molecular flexibility index (Phi) is 7.06. The fourth-order valence-corrected chi connectivity index (χ4v) is 4.48. The van der Waals surface area contributed by atoms with Crippen LogP contribution in [0.5, 0.6) is 0 Å². The molecular weight excluding hydrogens is 405 g/mol. The number of carbonyl (C=O) groups excluding carboxylic acids is 1. The first-order valence-electron chi connectivity index (χ1n) is 9.25. The summed E-state index contributed by atoms with van der Waals surface area (Å²) in [5.41, 5.74) is 0.855. The Balaban J connectivity index is 1.98. The summed E-state index contributed by atoms with van der Waals surface area (Å²) in [4.78, 5) is 12.1. The van der Waals surface area contributed by atoms with E-state index in [4.69, 9.17) is 27.9 Å². The van der Waals surface area contributed by atoms with Crippen LogP contribution in [0.15, 0.2) is 23.4 Å². The highest BCUT2D eigenvalue weighted by molar-refractivity contribution is 8.00. The van der Waals surface area contributed by atoms with E-state index in [1.807, 2.05) is 23.6 Å². The van der Waals surface area contributed by atoms with Crippen molar-refractivity contribution < 1.29 is 9.53 Å². The quantitative estimate of drug-likeness (QED) is 0.439. The molecular formula is C19H23Cl2N3O2S. The number of hydrogen-bond donors (Lipinski definition) is 0. The van der Waals surface area contributed by atoms with E-state index in [0.29, 0.717) is 27.7 Å². The van der Waals surface area contributed by atoms with Gasteiger partial charge in [0.2, 0.25) is 0 Å². The number of carbonyl (C=O) groups is 1. The van der Waals surface area contributed by atoms with Crippen LogP contribution in [0.2, 0.25) is 10.0 Å². The van der Waals surface area contributed by atoms with Gasteiger partial charge in [-0.2, -0.15) is 0 Å². The number of nitrogens with zero attached hydrogens (tertiary/aromatic N) is 3. The highest BCUT2D eigenvalue weighted by atomic mass is 35.5. The first-order chi connectivity index (χ1) is 13.0. The van der Waals surface area contributed by atoms with Crippen molar-refractivity contribution in [2.24, 2.45) is 0 Å². The van der Waals surface area contributed by atoms with Crippen LogP contribution in [0, 0.1) is 0 Å². The smallest absolute Gasteiger partial charge is 0.319 e. The van der Waals surface area contributed by atoms with E-state index in [0.717, 1.165) is 24.4 Å². The van der Waals surface area contributed by atoms with Gasteiger partial charge in [-0.05, 0) is 44.9 Å². The summed E-state index contributed by atoms with van der Waals surface area (Å²) in [7, 11) is 0. The van der Waals surface area contributed by atoms with Gasteiger partial charge in [-0.1, -0.05) is 54.2 Å². The van der Waals surface area contributed by atoms with E-state index < -0.39 is 0 Å². The van der Waals surface area contributed by atoms with Crippen LogP contribution in [0.1, 0.15) is 57.7 Å². The topological polar surface area (TPSA) is 57.0 Å². The second-order valence-corrected chi connectivity index (χ2v) is 8.74. The Bertz CT molecular complexity index is 806. The molecule has 1 atom stereocenters. The normalized spacial score (nSPS) is 16.3. The van der Waals surface area contributed by atoms with E-state index >= 15 is 0 Å². The second-order valence-electron chi connectivity index (χ2n) is 6.62. The fraction of sp³-hybridized carbons (Fsp3) is 0.526. The minimum absolute atomic E-state index is 0.259. The van der Waals surface area contributed by atoms with Gasteiger partial charge in [0.25, 0.3) is 0 Å². The maximum atomic E-state index is 12.1. The third-order valence-corrected chi connectivity index (χ3v) is 6.45. The molecule has 0 bridgehead atoms. The van der Waals surface area contributed by atoms with Crippen molar-refractivity contribution in [3.05, 3.63) is 34.1 Å². The van der Waals surface area contributed by atoms with Crippen LogP contribution in [0.4, 0.5) is 0 Å². The van der Waals surface area contributed by atoms with Gasteiger partial charge in [-0.15, -0.1) is 10.2 Å². The summed E-state index contributed by atoms with van der Waals surface area (Å²) in [5, 5.41) is 10.1. The molecule has 0 radical (unpaired) electrons. The van der Waals surface area contributed by atoms with Gasteiger partial charge in [0.15, 0.2) is 5.16 Å². The van der Waals surface area contributed by atoms with Gasteiger partial charge in [0.05, 0.1) is 22.3 Å². The van der Waals surface area contributed by atoms with Crippen LogP contribution in [-0.2, 0) is 9.53 Å².